The second-order valence-electron chi connectivity index (χ2n) is 5.36. The predicted molar refractivity (Wildman–Crippen MR) is 91.2 cm³/mol. The molecule has 0 spiro atoms. The first-order chi connectivity index (χ1) is 11.1. The second kappa shape index (κ2) is 8.13. The average molecular weight is 336 g/mol. The van der Waals surface area contributed by atoms with Crippen molar-refractivity contribution in [2.75, 3.05) is 6.54 Å². The first-order valence-corrected chi connectivity index (χ1v) is 8.23. The van der Waals surface area contributed by atoms with E-state index in [1.807, 2.05) is 32.0 Å². The van der Waals surface area contributed by atoms with Crippen LogP contribution in [0.25, 0.3) is 5.69 Å². The number of aromatic nitrogens is 2. The van der Waals surface area contributed by atoms with E-state index in [-0.39, 0.29) is 12.0 Å². The smallest absolute Gasteiger partial charge is 0.254 e. The molecule has 1 aromatic carbocycles. The highest BCUT2D eigenvalue weighted by Crippen LogP contribution is 2.19. The Kier molecular flexibility index (Phi) is 6.19. The van der Waals surface area contributed by atoms with Crippen LogP contribution >= 0.6 is 11.6 Å². The number of aliphatic hydroxyl groups is 1. The topological polar surface area (TPSA) is 67.2 Å². The molecule has 0 bridgehead atoms. The van der Waals surface area contributed by atoms with E-state index < -0.39 is 0 Å². The summed E-state index contributed by atoms with van der Waals surface area (Å²) in [5.41, 5.74) is 2.22. The Morgan fingerprint density at radius 2 is 2.22 bits per heavy atom. The molecule has 2 aromatic rings. The van der Waals surface area contributed by atoms with Crippen LogP contribution in [0.2, 0.25) is 5.02 Å². The molecule has 23 heavy (non-hydrogen) atoms. The standard InChI is InChI=1S/C17H22ClN3O2/c1-3-14(22)8-9-19-17(23)15-11-20-21(16(15)4-2)13-7-5-6-12(18)10-13/h5-7,10-11,14,22H,3-4,8-9H2,1-2H3,(H,19,23). The van der Waals surface area contributed by atoms with E-state index in [1.54, 1.807) is 16.9 Å². The lowest BCUT2D eigenvalue weighted by molar-refractivity contribution is 0.0941. The number of aliphatic hydroxyl groups excluding tert-OH is 1. The zero-order valence-corrected chi connectivity index (χ0v) is 14.2. The summed E-state index contributed by atoms with van der Waals surface area (Å²) in [6.45, 7) is 4.34. The highest BCUT2D eigenvalue weighted by molar-refractivity contribution is 6.30. The van der Waals surface area contributed by atoms with Crippen LogP contribution in [0.1, 0.15) is 42.7 Å². The van der Waals surface area contributed by atoms with E-state index in [0.29, 0.717) is 36.4 Å². The molecule has 0 fully saturated rings. The number of carbonyl (C=O) groups is 1. The molecular weight excluding hydrogens is 314 g/mol. The van der Waals surface area contributed by atoms with Crippen LogP contribution in [0.15, 0.2) is 30.5 Å². The number of halogens is 1. The van der Waals surface area contributed by atoms with E-state index in [2.05, 4.69) is 10.4 Å². The quantitative estimate of drug-likeness (QED) is 0.817. The Labute approximate surface area is 141 Å². The van der Waals surface area contributed by atoms with Crippen LogP contribution < -0.4 is 5.32 Å². The molecule has 0 aliphatic rings. The van der Waals surface area contributed by atoms with Crippen LogP contribution in [0.4, 0.5) is 0 Å². The van der Waals surface area contributed by atoms with Crippen molar-refractivity contribution < 1.29 is 9.90 Å². The number of nitrogens with one attached hydrogen (secondary N) is 1. The van der Waals surface area contributed by atoms with Gasteiger partial charge in [-0.3, -0.25) is 4.79 Å². The second-order valence-corrected chi connectivity index (χ2v) is 5.79. The Morgan fingerprint density at radius 3 is 2.87 bits per heavy atom. The minimum atomic E-state index is -0.380. The Morgan fingerprint density at radius 1 is 1.43 bits per heavy atom. The lowest BCUT2D eigenvalue weighted by Crippen LogP contribution is -2.27. The number of hydrogen-bond acceptors (Lipinski definition) is 3. The number of rotatable bonds is 7. The van der Waals surface area contributed by atoms with Gasteiger partial charge in [-0.1, -0.05) is 31.5 Å². The van der Waals surface area contributed by atoms with Crippen molar-refractivity contribution in [1.82, 2.24) is 15.1 Å². The SMILES string of the molecule is CCc1c(C(=O)NCCC(O)CC)cnn1-c1cccc(Cl)c1. The van der Waals surface area contributed by atoms with Crippen molar-refractivity contribution in [3.05, 3.63) is 46.7 Å². The minimum absolute atomic E-state index is 0.168. The van der Waals surface area contributed by atoms with Crippen LogP contribution in [-0.4, -0.2) is 33.4 Å². The number of hydrogen-bond donors (Lipinski definition) is 2. The van der Waals surface area contributed by atoms with Crippen molar-refractivity contribution in [2.24, 2.45) is 0 Å². The molecule has 1 heterocycles. The number of amides is 1. The minimum Gasteiger partial charge on any atom is -0.393 e. The fraction of sp³-hybridized carbons (Fsp3) is 0.412. The fourth-order valence-electron chi connectivity index (χ4n) is 2.39. The van der Waals surface area contributed by atoms with Crippen LogP contribution in [0, 0.1) is 0 Å². The third kappa shape index (κ3) is 4.33. The predicted octanol–water partition coefficient (Wildman–Crippen LogP) is 2.98. The molecule has 1 unspecified atom stereocenters. The normalized spacial score (nSPS) is 12.2. The monoisotopic (exact) mass is 335 g/mol. The summed E-state index contributed by atoms with van der Waals surface area (Å²) in [5.74, 6) is -0.168. The van der Waals surface area contributed by atoms with Crippen LogP contribution in [-0.2, 0) is 6.42 Å². The largest absolute Gasteiger partial charge is 0.393 e. The van der Waals surface area contributed by atoms with Gasteiger partial charge in [0.2, 0.25) is 0 Å². The summed E-state index contributed by atoms with van der Waals surface area (Å²) in [4.78, 5) is 12.3. The summed E-state index contributed by atoms with van der Waals surface area (Å²) >= 11 is 6.03. The molecule has 0 radical (unpaired) electrons. The first kappa shape index (κ1) is 17.5. The van der Waals surface area contributed by atoms with Gasteiger partial charge in [0.1, 0.15) is 0 Å². The molecule has 2 rings (SSSR count). The lowest BCUT2D eigenvalue weighted by Gasteiger charge is -2.10. The molecular formula is C17H22ClN3O2. The highest BCUT2D eigenvalue weighted by Gasteiger charge is 2.17. The molecule has 0 saturated heterocycles. The maximum atomic E-state index is 12.3. The molecule has 1 atom stereocenters. The highest BCUT2D eigenvalue weighted by atomic mass is 35.5. The van der Waals surface area contributed by atoms with Crippen LogP contribution in [0.3, 0.4) is 0 Å². The van der Waals surface area contributed by atoms with Crippen molar-refractivity contribution in [1.29, 1.82) is 0 Å². The van der Waals surface area contributed by atoms with Gasteiger partial charge in [-0.15, -0.1) is 0 Å². The first-order valence-electron chi connectivity index (χ1n) is 7.85. The molecule has 5 nitrogen and oxygen atoms in total. The van der Waals surface area contributed by atoms with E-state index in [1.165, 1.54) is 0 Å². The van der Waals surface area contributed by atoms with Gasteiger partial charge in [0.05, 0.1) is 29.2 Å². The Bertz CT molecular complexity index is 670. The third-order valence-electron chi connectivity index (χ3n) is 3.74. The maximum Gasteiger partial charge on any atom is 0.254 e. The maximum absolute atomic E-state index is 12.3. The lowest BCUT2D eigenvalue weighted by atomic mass is 10.1. The summed E-state index contributed by atoms with van der Waals surface area (Å²) in [6.07, 6.45) is 3.10. The van der Waals surface area contributed by atoms with Crippen molar-refractivity contribution in [3.63, 3.8) is 0 Å². The molecule has 6 heteroatoms. The van der Waals surface area contributed by atoms with Crippen molar-refractivity contribution >= 4 is 17.5 Å². The van der Waals surface area contributed by atoms with E-state index >= 15 is 0 Å². The van der Waals surface area contributed by atoms with Gasteiger partial charge in [0, 0.05) is 11.6 Å². The molecule has 124 valence electrons. The third-order valence-corrected chi connectivity index (χ3v) is 3.97. The number of nitrogens with zero attached hydrogens (tertiary/aromatic N) is 2. The number of carbonyl (C=O) groups excluding carboxylic acids is 1. The molecule has 2 N–H and O–H groups in total. The van der Waals surface area contributed by atoms with Crippen molar-refractivity contribution in [2.45, 2.75) is 39.2 Å². The molecule has 1 amide bonds. The molecule has 0 aliphatic heterocycles. The molecule has 0 aliphatic carbocycles. The summed E-state index contributed by atoms with van der Waals surface area (Å²) in [5, 5.41) is 17.3. The van der Waals surface area contributed by atoms with Crippen LogP contribution in [0.5, 0.6) is 0 Å². The zero-order valence-electron chi connectivity index (χ0n) is 13.4. The van der Waals surface area contributed by atoms with Crippen molar-refractivity contribution in [3.8, 4) is 5.69 Å². The summed E-state index contributed by atoms with van der Waals surface area (Å²) in [6, 6.07) is 7.36. The van der Waals surface area contributed by atoms with Gasteiger partial charge in [-0.2, -0.15) is 5.10 Å². The van der Waals surface area contributed by atoms with Gasteiger partial charge in [-0.05, 0) is 37.5 Å². The Hall–Kier alpha value is -1.85. The average Bonchev–Trinajstić information content (AvgIpc) is 2.98. The van der Waals surface area contributed by atoms with E-state index in [0.717, 1.165) is 11.4 Å². The molecule has 1 aromatic heterocycles. The van der Waals surface area contributed by atoms with Gasteiger partial charge in [0.15, 0.2) is 0 Å². The van der Waals surface area contributed by atoms with E-state index in [9.17, 15) is 9.90 Å². The van der Waals surface area contributed by atoms with Gasteiger partial charge < -0.3 is 10.4 Å². The van der Waals surface area contributed by atoms with Gasteiger partial charge in [0.25, 0.3) is 5.91 Å². The van der Waals surface area contributed by atoms with Gasteiger partial charge in [-0.25, -0.2) is 4.68 Å². The number of benzene rings is 1. The Balaban J connectivity index is 2.16. The summed E-state index contributed by atoms with van der Waals surface area (Å²) < 4.78 is 1.74. The van der Waals surface area contributed by atoms with E-state index in [4.69, 9.17) is 11.6 Å². The fourth-order valence-corrected chi connectivity index (χ4v) is 2.57. The zero-order chi connectivity index (χ0) is 16.8. The molecule has 0 saturated carbocycles. The van der Waals surface area contributed by atoms with Gasteiger partial charge >= 0.3 is 0 Å². The summed E-state index contributed by atoms with van der Waals surface area (Å²) in [7, 11) is 0.